The molecule has 0 radical (unpaired) electrons. The molecule has 0 aliphatic carbocycles. The molecule has 11 heteroatoms. The van der Waals surface area contributed by atoms with Gasteiger partial charge in [-0.3, -0.25) is 9.59 Å². The Morgan fingerprint density at radius 1 is 1.11 bits per heavy atom. The molecule has 2 heterocycles. The van der Waals surface area contributed by atoms with Gasteiger partial charge in [-0.25, -0.2) is 9.37 Å². The first-order chi connectivity index (χ1) is 17.0. The lowest BCUT2D eigenvalue weighted by atomic mass is 9.79. The molecule has 7 nitrogen and oxygen atoms in total. The molecule has 2 amide bonds. The summed E-state index contributed by atoms with van der Waals surface area (Å²) in [6, 6.07) is 11.7. The smallest absolute Gasteiger partial charge is 0.259 e. The van der Waals surface area contributed by atoms with Gasteiger partial charge < -0.3 is 20.4 Å². The van der Waals surface area contributed by atoms with Crippen LogP contribution in [0.4, 0.5) is 15.9 Å². The van der Waals surface area contributed by atoms with Crippen LogP contribution in [0.5, 0.6) is 0 Å². The van der Waals surface area contributed by atoms with Crippen molar-refractivity contribution in [3.05, 3.63) is 86.5 Å². The van der Waals surface area contributed by atoms with Crippen LogP contribution in [-0.4, -0.2) is 45.8 Å². The van der Waals surface area contributed by atoms with Crippen LogP contribution in [0.25, 0.3) is 0 Å². The van der Waals surface area contributed by atoms with Crippen LogP contribution < -0.4 is 10.2 Å². The highest BCUT2D eigenvalue weighted by atomic mass is 35.5. The van der Waals surface area contributed by atoms with E-state index in [9.17, 15) is 19.8 Å². The highest BCUT2D eigenvalue weighted by molar-refractivity contribution is 6.37. The van der Waals surface area contributed by atoms with Crippen LogP contribution >= 0.6 is 34.8 Å². The van der Waals surface area contributed by atoms with Gasteiger partial charge in [0.05, 0.1) is 28.4 Å². The van der Waals surface area contributed by atoms with Crippen molar-refractivity contribution in [3.8, 4) is 0 Å². The SMILES string of the molecule is CC1(F)CCN(C(=O)c2ccc(NC(=O)c3ccc(Cl)cc3Cl)nc2)c2ccc(Cl)cc2[C@@]1(O)CO. The maximum Gasteiger partial charge on any atom is 0.259 e. The number of nitrogens with one attached hydrogen (secondary N) is 1. The van der Waals surface area contributed by atoms with Crippen LogP contribution in [0.3, 0.4) is 0 Å². The summed E-state index contributed by atoms with van der Waals surface area (Å²) < 4.78 is 15.5. The Labute approximate surface area is 221 Å². The van der Waals surface area contributed by atoms with Crippen molar-refractivity contribution in [2.24, 2.45) is 0 Å². The van der Waals surface area contributed by atoms with Crippen LogP contribution in [0.1, 0.15) is 39.6 Å². The molecule has 0 saturated carbocycles. The maximum atomic E-state index is 15.5. The first-order valence-corrected chi connectivity index (χ1v) is 12.0. The minimum Gasteiger partial charge on any atom is -0.393 e. The summed E-state index contributed by atoms with van der Waals surface area (Å²) in [5, 5.41) is 24.4. The molecule has 188 valence electrons. The number of alkyl halides is 1. The highest BCUT2D eigenvalue weighted by Crippen LogP contribution is 2.46. The molecule has 0 fully saturated rings. The fourth-order valence-electron chi connectivity index (χ4n) is 4.07. The number of aliphatic hydroxyl groups excluding tert-OH is 1. The number of carbonyl (C=O) groups excluding carboxylic acids is 2. The monoisotopic (exact) mass is 551 g/mol. The van der Waals surface area contributed by atoms with E-state index in [4.69, 9.17) is 34.8 Å². The summed E-state index contributed by atoms with van der Waals surface area (Å²) in [4.78, 5) is 31.4. The molecule has 36 heavy (non-hydrogen) atoms. The van der Waals surface area contributed by atoms with Crippen LogP contribution in [0, 0.1) is 0 Å². The molecule has 1 aliphatic heterocycles. The predicted molar refractivity (Wildman–Crippen MR) is 137 cm³/mol. The lowest BCUT2D eigenvalue weighted by Crippen LogP contribution is -2.49. The van der Waals surface area contributed by atoms with Crippen molar-refractivity contribution >= 4 is 58.1 Å². The Morgan fingerprint density at radius 2 is 1.81 bits per heavy atom. The molecule has 1 unspecified atom stereocenters. The number of fused-ring (bicyclic) bond motifs is 1. The standard InChI is InChI=1S/C25H21Cl3FN3O4/c1-24(29)8-9-32(20-6-4-15(26)10-18(20)25(24,36)13-33)23(35)14-2-7-21(30-12-14)31-22(34)17-5-3-16(27)11-19(17)28/h2-7,10-12,33,36H,8-9,13H2,1H3,(H,30,31,34)/t24?,25-/m0/s1. The number of aliphatic hydroxyl groups is 2. The van der Waals surface area contributed by atoms with Crippen molar-refractivity contribution in [2.45, 2.75) is 24.6 Å². The van der Waals surface area contributed by atoms with Gasteiger partial charge >= 0.3 is 0 Å². The van der Waals surface area contributed by atoms with E-state index in [2.05, 4.69) is 10.3 Å². The molecule has 1 aliphatic rings. The Hall–Kier alpha value is -2.75. The van der Waals surface area contributed by atoms with Crippen LogP contribution in [-0.2, 0) is 5.60 Å². The van der Waals surface area contributed by atoms with Crippen LogP contribution in [0.2, 0.25) is 15.1 Å². The Bertz CT molecular complexity index is 1340. The van der Waals surface area contributed by atoms with Crippen molar-refractivity contribution < 1.29 is 24.2 Å². The number of halogens is 4. The number of pyridine rings is 1. The first-order valence-electron chi connectivity index (χ1n) is 10.8. The van der Waals surface area contributed by atoms with E-state index in [-0.39, 0.29) is 51.2 Å². The molecular formula is C25H21Cl3FN3O4. The largest absolute Gasteiger partial charge is 0.393 e. The highest BCUT2D eigenvalue weighted by Gasteiger charge is 2.52. The molecule has 1 aromatic heterocycles. The van der Waals surface area contributed by atoms with Crippen LogP contribution in [0.15, 0.2) is 54.7 Å². The lowest BCUT2D eigenvalue weighted by molar-refractivity contribution is -0.130. The van der Waals surface area contributed by atoms with Gasteiger partial charge in [0.25, 0.3) is 11.8 Å². The summed E-state index contributed by atoms with van der Waals surface area (Å²) in [5.74, 6) is -0.841. The summed E-state index contributed by atoms with van der Waals surface area (Å²) in [5.41, 5.74) is -3.92. The molecule has 0 bridgehead atoms. The van der Waals surface area contributed by atoms with Gasteiger partial charge in [0, 0.05) is 34.8 Å². The second-order valence-electron chi connectivity index (χ2n) is 8.59. The molecule has 0 saturated heterocycles. The number of amides is 2. The zero-order chi connectivity index (χ0) is 26.3. The number of hydrogen-bond donors (Lipinski definition) is 3. The van der Waals surface area contributed by atoms with Gasteiger partial charge in [-0.05, 0) is 55.5 Å². The van der Waals surface area contributed by atoms with Gasteiger partial charge in [-0.15, -0.1) is 0 Å². The van der Waals surface area contributed by atoms with Gasteiger partial charge in [0.2, 0.25) is 0 Å². The molecular weight excluding hydrogens is 532 g/mol. The van der Waals surface area contributed by atoms with Gasteiger partial charge in [0.15, 0.2) is 0 Å². The number of rotatable bonds is 4. The molecule has 3 aromatic rings. The Morgan fingerprint density at radius 3 is 2.44 bits per heavy atom. The lowest BCUT2D eigenvalue weighted by Gasteiger charge is -2.37. The van der Waals surface area contributed by atoms with Gasteiger partial charge in [-0.1, -0.05) is 34.8 Å². The van der Waals surface area contributed by atoms with Crippen molar-refractivity contribution in [1.29, 1.82) is 0 Å². The van der Waals surface area contributed by atoms with E-state index in [0.717, 1.165) is 0 Å². The van der Waals surface area contributed by atoms with E-state index in [0.29, 0.717) is 5.02 Å². The second-order valence-corrected chi connectivity index (χ2v) is 9.87. The fraction of sp³-hybridized carbons (Fsp3) is 0.240. The average Bonchev–Trinajstić information content (AvgIpc) is 2.92. The minimum atomic E-state index is -2.27. The summed E-state index contributed by atoms with van der Waals surface area (Å²) in [6.45, 7) is 0.202. The number of anilines is 2. The van der Waals surface area contributed by atoms with Crippen molar-refractivity contribution in [3.63, 3.8) is 0 Å². The van der Waals surface area contributed by atoms with E-state index < -0.39 is 29.7 Å². The number of nitrogens with zero attached hydrogens (tertiary/aromatic N) is 2. The normalized spacial score (nSPS) is 21.5. The summed E-state index contributed by atoms with van der Waals surface area (Å²) in [6.07, 6.45) is 1.03. The van der Waals surface area contributed by atoms with Gasteiger partial charge in [-0.2, -0.15) is 0 Å². The third-order valence-corrected chi connectivity index (χ3v) is 7.05. The topological polar surface area (TPSA) is 103 Å². The number of carbonyl (C=O) groups is 2. The maximum absolute atomic E-state index is 15.5. The average molecular weight is 553 g/mol. The summed E-state index contributed by atoms with van der Waals surface area (Å²) >= 11 is 18.0. The Kier molecular flexibility index (Phi) is 7.28. The van der Waals surface area contributed by atoms with E-state index in [1.165, 1.54) is 66.6 Å². The third-order valence-electron chi connectivity index (χ3n) is 6.26. The zero-order valence-corrected chi connectivity index (χ0v) is 21.2. The molecule has 2 aromatic carbocycles. The fourth-order valence-corrected chi connectivity index (χ4v) is 4.74. The number of hydrogen-bond acceptors (Lipinski definition) is 5. The van der Waals surface area contributed by atoms with Crippen molar-refractivity contribution in [2.75, 3.05) is 23.4 Å². The minimum absolute atomic E-state index is 0.00466. The van der Waals surface area contributed by atoms with Crippen molar-refractivity contribution in [1.82, 2.24) is 4.98 Å². The molecule has 3 N–H and O–H groups in total. The zero-order valence-electron chi connectivity index (χ0n) is 18.9. The predicted octanol–water partition coefficient (Wildman–Crippen LogP) is 5.25. The van der Waals surface area contributed by atoms with Gasteiger partial charge in [0.1, 0.15) is 17.1 Å². The third kappa shape index (κ3) is 4.79. The number of benzene rings is 2. The van der Waals surface area contributed by atoms with E-state index in [1.54, 1.807) is 0 Å². The molecule has 0 spiro atoms. The Balaban J connectivity index is 1.61. The van der Waals surface area contributed by atoms with E-state index in [1.807, 2.05) is 0 Å². The summed E-state index contributed by atoms with van der Waals surface area (Å²) in [7, 11) is 0. The first kappa shape index (κ1) is 26.3. The second kappa shape index (κ2) is 9.95. The quantitative estimate of drug-likeness (QED) is 0.410. The van der Waals surface area contributed by atoms with E-state index >= 15 is 4.39 Å². The number of aromatic nitrogens is 1. The molecule has 2 atom stereocenters. The molecule has 4 rings (SSSR count).